The van der Waals surface area contributed by atoms with E-state index in [4.69, 9.17) is 14.6 Å². The maximum Gasteiger partial charge on any atom is 0.311 e. The molecule has 1 rings (SSSR count). The summed E-state index contributed by atoms with van der Waals surface area (Å²) in [6.45, 7) is 6.42. The van der Waals surface area contributed by atoms with Gasteiger partial charge in [-0.05, 0) is 20.8 Å². The molecular formula is C13H23NO5. The Morgan fingerprint density at radius 3 is 2.53 bits per heavy atom. The van der Waals surface area contributed by atoms with Gasteiger partial charge < -0.3 is 19.5 Å². The molecule has 0 aromatic heterocycles. The number of carboxylic acid groups (broad SMARTS) is 1. The molecule has 0 saturated carbocycles. The fraction of sp³-hybridized carbons (Fsp3) is 0.846. The number of aliphatic carboxylic acids is 1. The van der Waals surface area contributed by atoms with E-state index in [9.17, 15) is 9.59 Å². The van der Waals surface area contributed by atoms with E-state index in [0.717, 1.165) is 0 Å². The van der Waals surface area contributed by atoms with Gasteiger partial charge in [-0.3, -0.25) is 9.59 Å². The summed E-state index contributed by atoms with van der Waals surface area (Å²) >= 11 is 0. The molecule has 6 nitrogen and oxygen atoms in total. The molecule has 1 amide bonds. The van der Waals surface area contributed by atoms with Crippen LogP contribution in [0.2, 0.25) is 0 Å². The summed E-state index contributed by atoms with van der Waals surface area (Å²) in [7, 11) is 1.56. The molecule has 1 fully saturated rings. The van der Waals surface area contributed by atoms with Crippen molar-refractivity contribution >= 4 is 11.9 Å². The van der Waals surface area contributed by atoms with Crippen molar-refractivity contribution in [1.82, 2.24) is 4.90 Å². The van der Waals surface area contributed by atoms with Crippen LogP contribution in [0.15, 0.2) is 0 Å². The molecule has 1 aliphatic rings. The van der Waals surface area contributed by atoms with Crippen LogP contribution in [0.1, 0.15) is 27.2 Å². The van der Waals surface area contributed by atoms with Crippen LogP contribution in [0.25, 0.3) is 0 Å². The van der Waals surface area contributed by atoms with Gasteiger partial charge in [0, 0.05) is 13.7 Å². The average Bonchev–Trinajstić information content (AvgIpc) is 2.78. The van der Waals surface area contributed by atoms with Crippen LogP contribution in [-0.4, -0.2) is 60.4 Å². The van der Waals surface area contributed by atoms with Gasteiger partial charge in [-0.25, -0.2) is 0 Å². The Morgan fingerprint density at radius 2 is 2.05 bits per heavy atom. The average molecular weight is 273 g/mol. The molecule has 0 radical (unpaired) electrons. The number of carboxylic acids is 1. The predicted octanol–water partition coefficient (Wildman–Crippen LogP) is 0.750. The molecule has 0 spiro atoms. The van der Waals surface area contributed by atoms with E-state index in [-0.39, 0.29) is 31.6 Å². The van der Waals surface area contributed by atoms with Gasteiger partial charge in [0.15, 0.2) is 0 Å². The predicted molar refractivity (Wildman–Crippen MR) is 68.8 cm³/mol. The van der Waals surface area contributed by atoms with Gasteiger partial charge in [-0.1, -0.05) is 0 Å². The number of amides is 1. The second-order valence-corrected chi connectivity index (χ2v) is 5.37. The van der Waals surface area contributed by atoms with E-state index < -0.39 is 17.5 Å². The van der Waals surface area contributed by atoms with Gasteiger partial charge >= 0.3 is 5.97 Å². The zero-order chi connectivity index (χ0) is 14.6. The number of nitrogens with zero attached hydrogens (tertiary/aromatic N) is 1. The van der Waals surface area contributed by atoms with Crippen LogP contribution in [0, 0.1) is 5.92 Å². The van der Waals surface area contributed by atoms with E-state index in [1.807, 2.05) is 20.8 Å². The molecule has 0 aliphatic carbocycles. The molecule has 0 aromatic carbocycles. The molecule has 1 aliphatic heterocycles. The third-order valence-corrected chi connectivity index (χ3v) is 3.56. The number of likely N-dealkylation sites (N-methyl/N-ethyl adjacent to an activating group) is 1. The number of carbonyl (C=O) groups is 2. The minimum absolute atomic E-state index is 0.101. The Kier molecular flexibility index (Phi) is 5.31. The second kappa shape index (κ2) is 6.34. The first-order valence-electron chi connectivity index (χ1n) is 6.47. The minimum Gasteiger partial charge on any atom is -0.481 e. The molecule has 0 bridgehead atoms. The lowest BCUT2D eigenvalue weighted by atomic mass is 9.99. The zero-order valence-electron chi connectivity index (χ0n) is 12.0. The van der Waals surface area contributed by atoms with E-state index in [2.05, 4.69) is 0 Å². The van der Waals surface area contributed by atoms with Gasteiger partial charge in [-0.15, -0.1) is 0 Å². The Hall–Kier alpha value is -1.14. The first-order chi connectivity index (χ1) is 8.82. The third kappa shape index (κ3) is 3.91. The lowest BCUT2D eigenvalue weighted by Gasteiger charge is -2.32. The highest BCUT2D eigenvalue weighted by atomic mass is 16.5. The SMILES string of the molecule is CCN(C(=O)CC(C)(C)OC)C1COCC1C(=O)O. The summed E-state index contributed by atoms with van der Waals surface area (Å²) in [5.74, 6) is -1.66. The minimum atomic E-state index is -0.917. The standard InChI is InChI=1S/C13H23NO5/c1-5-14(11(15)6-13(2,3)18-4)10-8-19-7-9(10)12(16)17/h9-10H,5-8H2,1-4H3,(H,16,17). The molecule has 2 atom stereocenters. The van der Waals surface area contributed by atoms with Gasteiger partial charge in [0.1, 0.15) is 5.92 Å². The molecule has 19 heavy (non-hydrogen) atoms. The Morgan fingerprint density at radius 1 is 1.42 bits per heavy atom. The zero-order valence-corrected chi connectivity index (χ0v) is 12.0. The van der Waals surface area contributed by atoms with Crippen molar-refractivity contribution in [3.63, 3.8) is 0 Å². The van der Waals surface area contributed by atoms with Crippen LogP contribution in [0.5, 0.6) is 0 Å². The number of hydrogen-bond acceptors (Lipinski definition) is 4. The Balaban J connectivity index is 2.77. The van der Waals surface area contributed by atoms with E-state index in [1.54, 1.807) is 12.0 Å². The first-order valence-corrected chi connectivity index (χ1v) is 6.47. The summed E-state index contributed by atoms with van der Waals surface area (Å²) in [6, 6.07) is -0.386. The van der Waals surface area contributed by atoms with Crippen LogP contribution in [0.3, 0.4) is 0 Å². The normalized spacial score (nSPS) is 23.4. The smallest absolute Gasteiger partial charge is 0.311 e. The van der Waals surface area contributed by atoms with E-state index in [1.165, 1.54) is 0 Å². The highest BCUT2D eigenvalue weighted by Gasteiger charge is 2.40. The van der Waals surface area contributed by atoms with Gasteiger partial charge in [-0.2, -0.15) is 0 Å². The summed E-state index contributed by atoms with van der Waals surface area (Å²) in [5.41, 5.74) is -0.553. The van der Waals surface area contributed by atoms with Crippen molar-refractivity contribution in [2.75, 3.05) is 26.9 Å². The number of methoxy groups -OCH3 is 1. The van der Waals surface area contributed by atoms with Gasteiger partial charge in [0.2, 0.25) is 5.91 Å². The monoisotopic (exact) mass is 273 g/mol. The molecule has 1 heterocycles. The molecule has 2 unspecified atom stereocenters. The second-order valence-electron chi connectivity index (χ2n) is 5.37. The van der Waals surface area contributed by atoms with Crippen LogP contribution in [0.4, 0.5) is 0 Å². The summed E-state index contributed by atoms with van der Waals surface area (Å²) in [6.07, 6.45) is 0.222. The largest absolute Gasteiger partial charge is 0.481 e. The lowest BCUT2D eigenvalue weighted by Crippen LogP contribution is -2.48. The van der Waals surface area contributed by atoms with Crippen molar-refractivity contribution < 1.29 is 24.2 Å². The quantitative estimate of drug-likeness (QED) is 0.773. The molecule has 0 aromatic rings. The molecule has 1 N–H and O–H groups in total. The number of carbonyl (C=O) groups excluding carboxylic acids is 1. The van der Waals surface area contributed by atoms with Crippen molar-refractivity contribution in [1.29, 1.82) is 0 Å². The van der Waals surface area contributed by atoms with Crippen molar-refractivity contribution in [3.05, 3.63) is 0 Å². The van der Waals surface area contributed by atoms with Gasteiger partial charge in [0.05, 0.1) is 31.3 Å². The summed E-state index contributed by atoms with van der Waals surface area (Å²) in [5, 5.41) is 9.15. The molecular weight excluding hydrogens is 250 g/mol. The molecule has 110 valence electrons. The summed E-state index contributed by atoms with van der Waals surface area (Å²) in [4.78, 5) is 25.0. The van der Waals surface area contributed by atoms with Crippen molar-refractivity contribution in [2.24, 2.45) is 5.92 Å². The highest BCUT2D eigenvalue weighted by Crippen LogP contribution is 2.23. The topological polar surface area (TPSA) is 76.1 Å². The fourth-order valence-corrected chi connectivity index (χ4v) is 2.22. The van der Waals surface area contributed by atoms with Crippen LogP contribution >= 0.6 is 0 Å². The Labute approximate surface area is 113 Å². The lowest BCUT2D eigenvalue weighted by molar-refractivity contribution is -0.146. The van der Waals surface area contributed by atoms with E-state index >= 15 is 0 Å². The van der Waals surface area contributed by atoms with Crippen molar-refractivity contribution in [3.8, 4) is 0 Å². The first kappa shape index (κ1) is 15.9. The highest BCUT2D eigenvalue weighted by molar-refractivity contribution is 5.79. The summed E-state index contributed by atoms with van der Waals surface area (Å²) < 4.78 is 10.5. The third-order valence-electron chi connectivity index (χ3n) is 3.56. The van der Waals surface area contributed by atoms with Gasteiger partial charge in [0.25, 0.3) is 0 Å². The van der Waals surface area contributed by atoms with Crippen LogP contribution < -0.4 is 0 Å². The fourth-order valence-electron chi connectivity index (χ4n) is 2.22. The maximum atomic E-state index is 12.3. The molecule has 1 saturated heterocycles. The number of hydrogen-bond donors (Lipinski definition) is 1. The Bertz CT molecular complexity index is 342. The maximum absolute atomic E-state index is 12.3. The van der Waals surface area contributed by atoms with E-state index in [0.29, 0.717) is 6.54 Å². The van der Waals surface area contributed by atoms with Crippen molar-refractivity contribution in [2.45, 2.75) is 38.8 Å². The number of ether oxygens (including phenoxy) is 2. The number of rotatable bonds is 6. The van der Waals surface area contributed by atoms with Crippen LogP contribution in [-0.2, 0) is 19.1 Å². The molecule has 6 heteroatoms.